The summed E-state index contributed by atoms with van der Waals surface area (Å²) in [5.74, 6) is -2.23. The van der Waals surface area contributed by atoms with Crippen molar-refractivity contribution in [1.29, 1.82) is 5.41 Å². The van der Waals surface area contributed by atoms with Crippen LogP contribution in [0.25, 0.3) is 16.8 Å². The van der Waals surface area contributed by atoms with Crippen LogP contribution in [-0.4, -0.2) is 49.2 Å². The van der Waals surface area contributed by atoms with Crippen molar-refractivity contribution in [3.05, 3.63) is 117 Å². The van der Waals surface area contributed by atoms with Gasteiger partial charge in [-0.25, -0.2) is 18.1 Å². The summed E-state index contributed by atoms with van der Waals surface area (Å²) >= 11 is 0. The molecule has 0 bridgehead atoms. The smallest absolute Gasteiger partial charge is 0.335 e. The van der Waals surface area contributed by atoms with E-state index < -0.39 is 34.4 Å². The number of carbonyl (C=O) groups is 1. The first kappa shape index (κ1) is 31.7. The van der Waals surface area contributed by atoms with Gasteiger partial charge in [-0.15, -0.1) is 0 Å². The first-order chi connectivity index (χ1) is 22.2. The molecule has 2 N–H and O–H groups in total. The fourth-order valence-corrected chi connectivity index (χ4v) is 4.56. The largest absolute Gasteiger partial charge is 0.452 e. The molecule has 1 amide bonds. The molecule has 0 unspecified atom stereocenters. The number of hydrogen-bond acceptors (Lipinski definition) is 8. The first-order valence-electron chi connectivity index (χ1n) is 14.1. The highest BCUT2D eigenvalue weighted by Crippen LogP contribution is 2.32. The van der Waals surface area contributed by atoms with Crippen LogP contribution in [0, 0.1) is 17.0 Å². The molecule has 2 aromatic carbocycles. The lowest BCUT2D eigenvalue weighted by atomic mass is 10.1. The topological polar surface area (TPSA) is 146 Å². The number of nitrogens with zero attached hydrogens (tertiary/aromatic N) is 5. The van der Waals surface area contributed by atoms with Crippen LogP contribution in [0.2, 0.25) is 0 Å². The van der Waals surface area contributed by atoms with Gasteiger partial charge in [0.1, 0.15) is 17.1 Å². The number of rotatable bonds is 12. The molecule has 46 heavy (non-hydrogen) atoms. The van der Waals surface area contributed by atoms with Gasteiger partial charge in [-0.1, -0.05) is 0 Å². The standard InChI is InChI=1S/C32H29F2N7O5/c1-3-45-13-12-40-19-25(31(43)41(32(40)44)24-7-4-22(33)5-8-24)30(42)38-23-6-9-28(26(34)15-23)46-29-14-20(16-36-27(29)10-11-35)21-17-37-39(2)18-21/h4-9,11,14-19,35H,3,10,12-13H2,1-2H3,(H,38,42). The molecule has 0 fully saturated rings. The molecule has 3 aromatic heterocycles. The number of halogens is 2. The van der Waals surface area contributed by atoms with E-state index in [1.54, 1.807) is 43.3 Å². The fraction of sp³-hybridized carbons (Fsp3) is 0.188. The molecule has 0 atom stereocenters. The molecule has 0 aliphatic heterocycles. The highest BCUT2D eigenvalue weighted by Gasteiger charge is 2.20. The predicted octanol–water partition coefficient (Wildman–Crippen LogP) is 4.35. The minimum atomic E-state index is -0.943. The third-order valence-electron chi connectivity index (χ3n) is 6.84. The number of amides is 1. The first-order valence-corrected chi connectivity index (χ1v) is 14.1. The van der Waals surface area contributed by atoms with E-state index in [-0.39, 0.29) is 42.4 Å². The molecule has 0 saturated heterocycles. The van der Waals surface area contributed by atoms with E-state index in [9.17, 15) is 18.8 Å². The molecule has 0 aliphatic carbocycles. The number of anilines is 1. The molecular weight excluding hydrogens is 600 g/mol. The number of ether oxygens (including phenoxy) is 2. The molecule has 236 valence electrons. The number of nitrogens with one attached hydrogen (secondary N) is 2. The summed E-state index contributed by atoms with van der Waals surface area (Å²) < 4.78 is 43.6. The van der Waals surface area contributed by atoms with Crippen LogP contribution in [0.4, 0.5) is 14.5 Å². The van der Waals surface area contributed by atoms with Crippen LogP contribution in [0.5, 0.6) is 11.5 Å². The van der Waals surface area contributed by atoms with Crippen molar-refractivity contribution < 1.29 is 23.0 Å². The summed E-state index contributed by atoms with van der Waals surface area (Å²) in [6.07, 6.45) is 7.46. The fourth-order valence-electron chi connectivity index (χ4n) is 4.56. The number of aromatic nitrogens is 5. The second-order valence-electron chi connectivity index (χ2n) is 10.0. The van der Waals surface area contributed by atoms with Crippen LogP contribution < -0.4 is 21.3 Å². The van der Waals surface area contributed by atoms with Crippen LogP contribution in [0.15, 0.2) is 82.9 Å². The lowest BCUT2D eigenvalue weighted by Gasteiger charge is -2.14. The molecule has 12 nitrogen and oxygen atoms in total. The molecule has 0 aliphatic rings. The zero-order chi connectivity index (χ0) is 32.8. The third-order valence-corrected chi connectivity index (χ3v) is 6.84. The lowest BCUT2D eigenvalue weighted by molar-refractivity contribution is 0.102. The molecule has 5 aromatic rings. The maximum absolute atomic E-state index is 15.3. The van der Waals surface area contributed by atoms with Crippen molar-refractivity contribution in [2.45, 2.75) is 19.9 Å². The Labute approximate surface area is 261 Å². The average Bonchev–Trinajstić information content (AvgIpc) is 3.47. The SMILES string of the molecule is CCOCCn1cc(C(=O)Nc2ccc(Oc3cc(-c4cnn(C)c4)cnc3CC=N)c(F)c2)c(=O)n(-c2ccc(F)cc2)c1=O. The molecule has 0 saturated carbocycles. The molecule has 0 spiro atoms. The van der Waals surface area contributed by atoms with Crippen molar-refractivity contribution in [1.82, 2.24) is 23.9 Å². The Balaban J connectivity index is 1.43. The molecule has 5 rings (SSSR count). The van der Waals surface area contributed by atoms with E-state index in [0.29, 0.717) is 17.9 Å². The van der Waals surface area contributed by atoms with Gasteiger partial charge in [0, 0.05) is 67.8 Å². The van der Waals surface area contributed by atoms with Crippen LogP contribution in [0.1, 0.15) is 23.0 Å². The summed E-state index contributed by atoms with van der Waals surface area (Å²) in [6, 6.07) is 10.0. The van der Waals surface area contributed by atoms with Crippen molar-refractivity contribution in [2.75, 3.05) is 18.5 Å². The molecule has 0 radical (unpaired) electrons. The summed E-state index contributed by atoms with van der Waals surface area (Å²) in [7, 11) is 1.77. The maximum Gasteiger partial charge on any atom is 0.335 e. The van der Waals surface area contributed by atoms with Gasteiger partial charge in [-0.05, 0) is 49.4 Å². The Morgan fingerprint density at radius 2 is 1.80 bits per heavy atom. The van der Waals surface area contributed by atoms with Gasteiger partial charge in [0.15, 0.2) is 11.6 Å². The van der Waals surface area contributed by atoms with Gasteiger partial charge in [-0.3, -0.25) is 23.8 Å². The number of aryl methyl sites for hydroxylation is 1. The Hall–Kier alpha value is -5.76. The second-order valence-corrected chi connectivity index (χ2v) is 10.0. The van der Waals surface area contributed by atoms with Crippen LogP contribution in [-0.2, 0) is 24.8 Å². The van der Waals surface area contributed by atoms with Crippen LogP contribution in [0.3, 0.4) is 0 Å². The zero-order valence-electron chi connectivity index (χ0n) is 24.9. The second kappa shape index (κ2) is 13.9. The summed E-state index contributed by atoms with van der Waals surface area (Å²) in [6.45, 7) is 2.34. The van der Waals surface area contributed by atoms with E-state index in [1.807, 2.05) is 0 Å². The number of pyridine rings is 1. The van der Waals surface area contributed by atoms with Crippen molar-refractivity contribution >= 4 is 17.8 Å². The average molecular weight is 630 g/mol. The van der Waals surface area contributed by atoms with E-state index in [1.165, 1.54) is 24.3 Å². The van der Waals surface area contributed by atoms with Gasteiger partial charge < -0.3 is 20.2 Å². The van der Waals surface area contributed by atoms with Gasteiger partial charge in [0.05, 0.1) is 30.7 Å². The third kappa shape index (κ3) is 6.97. The number of hydrogen-bond donors (Lipinski definition) is 2. The minimum absolute atomic E-state index is 0.0107. The molecule has 14 heteroatoms. The van der Waals surface area contributed by atoms with Crippen molar-refractivity contribution in [2.24, 2.45) is 7.05 Å². The highest BCUT2D eigenvalue weighted by molar-refractivity contribution is 6.03. The van der Waals surface area contributed by atoms with E-state index in [2.05, 4.69) is 15.4 Å². The number of carbonyl (C=O) groups excluding carboxylic acids is 1. The van der Waals surface area contributed by atoms with E-state index in [0.717, 1.165) is 45.3 Å². The number of benzene rings is 2. The lowest BCUT2D eigenvalue weighted by Crippen LogP contribution is -2.42. The predicted molar refractivity (Wildman–Crippen MR) is 166 cm³/mol. The zero-order valence-corrected chi connectivity index (χ0v) is 24.9. The van der Waals surface area contributed by atoms with E-state index in [4.69, 9.17) is 14.9 Å². The van der Waals surface area contributed by atoms with Gasteiger partial charge in [0.2, 0.25) is 0 Å². The maximum atomic E-state index is 15.3. The van der Waals surface area contributed by atoms with Gasteiger partial charge in [-0.2, -0.15) is 5.10 Å². The Kier molecular flexibility index (Phi) is 9.57. The minimum Gasteiger partial charge on any atom is -0.452 e. The monoisotopic (exact) mass is 629 g/mol. The summed E-state index contributed by atoms with van der Waals surface area (Å²) in [4.78, 5) is 44.2. The van der Waals surface area contributed by atoms with Crippen molar-refractivity contribution in [3.63, 3.8) is 0 Å². The van der Waals surface area contributed by atoms with Crippen LogP contribution >= 0.6 is 0 Å². The van der Waals surface area contributed by atoms with Crippen molar-refractivity contribution in [3.8, 4) is 28.3 Å². The summed E-state index contributed by atoms with van der Waals surface area (Å²) in [5.41, 5.74) is -0.166. The Bertz CT molecular complexity index is 2020. The molecular formula is C32H29F2N7O5. The van der Waals surface area contributed by atoms with E-state index >= 15 is 4.39 Å². The molecule has 3 heterocycles. The highest BCUT2D eigenvalue weighted by atomic mass is 19.1. The Morgan fingerprint density at radius 3 is 2.48 bits per heavy atom. The van der Waals surface area contributed by atoms with Gasteiger partial charge in [0.25, 0.3) is 11.5 Å². The van der Waals surface area contributed by atoms with Gasteiger partial charge >= 0.3 is 5.69 Å². The Morgan fingerprint density at radius 1 is 1.02 bits per heavy atom. The quantitative estimate of drug-likeness (QED) is 0.154. The normalized spacial score (nSPS) is 11.0. The summed E-state index contributed by atoms with van der Waals surface area (Å²) in [5, 5.41) is 14.1.